The second-order valence-electron chi connectivity index (χ2n) is 4.11. The van der Waals surface area contributed by atoms with E-state index in [4.69, 9.17) is 0 Å². The van der Waals surface area contributed by atoms with E-state index in [0.717, 1.165) is 23.7 Å². The smallest absolute Gasteiger partial charge is 0.110 e. The van der Waals surface area contributed by atoms with Crippen molar-refractivity contribution in [1.82, 2.24) is 15.3 Å². The first-order valence-electron chi connectivity index (χ1n) is 5.80. The van der Waals surface area contributed by atoms with E-state index in [1.807, 2.05) is 19.2 Å². The number of nitrogens with one attached hydrogen (secondary N) is 1. The molecule has 0 saturated carbocycles. The van der Waals surface area contributed by atoms with Crippen LogP contribution in [0.1, 0.15) is 29.2 Å². The van der Waals surface area contributed by atoms with Crippen molar-refractivity contribution in [1.29, 1.82) is 0 Å². The lowest BCUT2D eigenvalue weighted by Gasteiger charge is -2.10. The minimum absolute atomic E-state index is 0.324. The van der Waals surface area contributed by atoms with Crippen molar-refractivity contribution in [3.63, 3.8) is 0 Å². The Kier molecular flexibility index (Phi) is 4.23. The molecule has 1 N–H and O–H groups in total. The van der Waals surface area contributed by atoms with Crippen LogP contribution in [-0.2, 0) is 6.42 Å². The highest BCUT2D eigenvalue weighted by Crippen LogP contribution is 2.17. The number of aromatic nitrogens is 2. The fraction of sp³-hybridized carbons (Fsp3) is 0.385. The zero-order valence-corrected chi connectivity index (χ0v) is 11.0. The Morgan fingerprint density at radius 3 is 3.00 bits per heavy atom. The first-order chi connectivity index (χ1) is 8.25. The second-order valence-corrected chi connectivity index (χ2v) is 5.00. The van der Waals surface area contributed by atoms with Gasteiger partial charge in [-0.3, -0.25) is 4.98 Å². The van der Waals surface area contributed by atoms with Crippen molar-refractivity contribution in [2.24, 2.45) is 0 Å². The van der Waals surface area contributed by atoms with Gasteiger partial charge in [0.05, 0.1) is 6.04 Å². The topological polar surface area (TPSA) is 37.8 Å². The third-order valence-corrected chi connectivity index (χ3v) is 3.74. The summed E-state index contributed by atoms with van der Waals surface area (Å²) in [7, 11) is 0. The van der Waals surface area contributed by atoms with Gasteiger partial charge in [0.15, 0.2) is 0 Å². The van der Waals surface area contributed by atoms with E-state index in [-0.39, 0.29) is 0 Å². The highest BCUT2D eigenvalue weighted by molar-refractivity contribution is 7.09. The van der Waals surface area contributed by atoms with Crippen molar-refractivity contribution in [3.05, 3.63) is 46.2 Å². The van der Waals surface area contributed by atoms with Gasteiger partial charge < -0.3 is 5.32 Å². The lowest BCUT2D eigenvalue weighted by Crippen LogP contribution is -2.21. The maximum atomic E-state index is 4.48. The molecule has 0 aliphatic carbocycles. The molecule has 4 heteroatoms. The number of aryl methyl sites for hydroxylation is 1. The highest BCUT2D eigenvalue weighted by atomic mass is 32.1. The first-order valence-corrected chi connectivity index (χ1v) is 6.68. The van der Waals surface area contributed by atoms with Crippen LogP contribution in [0, 0.1) is 6.92 Å². The van der Waals surface area contributed by atoms with Crippen LogP contribution >= 0.6 is 11.3 Å². The minimum atomic E-state index is 0.324. The van der Waals surface area contributed by atoms with Gasteiger partial charge in [-0.1, -0.05) is 6.07 Å². The van der Waals surface area contributed by atoms with Gasteiger partial charge in [-0.15, -0.1) is 11.3 Å². The summed E-state index contributed by atoms with van der Waals surface area (Å²) in [5, 5.41) is 6.73. The lowest BCUT2D eigenvalue weighted by molar-refractivity contribution is 0.573. The number of thiazole rings is 1. The molecule has 0 amide bonds. The largest absolute Gasteiger partial charge is 0.308 e. The summed E-state index contributed by atoms with van der Waals surface area (Å²) in [6, 6.07) is 4.40. The van der Waals surface area contributed by atoms with E-state index in [9.17, 15) is 0 Å². The maximum absolute atomic E-state index is 4.48. The molecule has 1 atom stereocenters. The molecule has 0 aromatic carbocycles. The van der Waals surface area contributed by atoms with Gasteiger partial charge in [0.2, 0.25) is 0 Å². The van der Waals surface area contributed by atoms with Gasteiger partial charge in [-0.2, -0.15) is 0 Å². The van der Waals surface area contributed by atoms with Gasteiger partial charge in [0, 0.05) is 23.5 Å². The number of rotatable bonds is 5. The Morgan fingerprint density at radius 2 is 2.35 bits per heavy atom. The average molecular weight is 247 g/mol. The second kappa shape index (κ2) is 5.89. The molecule has 2 rings (SSSR count). The predicted octanol–water partition coefficient (Wildman–Crippen LogP) is 2.74. The molecule has 3 nitrogen and oxygen atoms in total. The summed E-state index contributed by atoms with van der Waals surface area (Å²) < 4.78 is 0. The van der Waals surface area contributed by atoms with Gasteiger partial charge in [-0.25, -0.2) is 4.98 Å². The molecular weight excluding hydrogens is 230 g/mol. The zero-order valence-electron chi connectivity index (χ0n) is 10.2. The van der Waals surface area contributed by atoms with E-state index < -0.39 is 0 Å². The molecule has 0 spiro atoms. The Labute approximate surface area is 106 Å². The summed E-state index contributed by atoms with van der Waals surface area (Å²) in [6.07, 6.45) is 4.72. The quantitative estimate of drug-likeness (QED) is 0.883. The molecule has 2 heterocycles. The Hall–Kier alpha value is -1.26. The van der Waals surface area contributed by atoms with Crippen molar-refractivity contribution in [2.75, 3.05) is 6.54 Å². The van der Waals surface area contributed by atoms with Crippen molar-refractivity contribution in [2.45, 2.75) is 26.3 Å². The van der Waals surface area contributed by atoms with E-state index in [1.54, 1.807) is 17.5 Å². The molecule has 0 aliphatic heterocycles. The van der Waals surface area contributed by atoms with Crippen molar-refractivity contribution in [3.8, 4) is 0 Å². The van der Waals surface area contributed by atoms with Crippen LogP contribution in [0.3, 0.4) is 0 Å². The van der Waals surface area contributed by atoms with Crippen molar-refractivity contribution >= 4 is 11.3 Å². The van der Waals surface area contributed by atoms with Gasteiger partial charge in [0.25, 0.3) is 0 Å². The Bertz CT molecular complexity index is 453. The maximum Gasteiger partial charge on any atom is 0.110 e. The normalized spacial score (nSPS) is 12.6. The van der Waals surface area contributed by atoms with Crippen LogP contribution in [0.15, 0.2) is 29.9 Å². The van der Waals surface area contributed by atoms with Crippen molar-refractivity contribution < 1.29 is 0 Å². The van der Waals surface area contributed by atoms with Crippen LogP contribution in [0.4, 0.5) is 0 Å². The fourth-order valence-corrected chi connectivity index (χ4v) is 2.47. The van der Waals surface area contributed by atoms with Gasteiger partial charge in [0.1, 0.15) is 5.01 Å². The van der Waals surface area contributed by atoms with Crippen LogP contribution in [-0.4, -0.2) is 16.5 Å². The van der Waals surface area contributed by atoms with Gasteiger partial charge in [-0.05, 0) is 38.4 Å². The molecule has 0 saturated heterocycles. The standard InChI is InChI=1S/C13H17N3S/c1-10-9-17-13(16-10)11(2)15-7-5-12-4-3-6-14-8-12/h3-4,6,8-9,11,15H,5,7H2,1-2H3. The van der Waals surface area contributed by atoms with E-state index in [1.165, 1.54) is 5.56 Å². The Morgan fingerprint density at radius 1 is 1.47 bits per heavy atom. The van der Waals surface area contributed by atoms with E-state index in [2.05, 4.69) is 33.7 Å². The molecule has 2 aromatic rings. The molecular formula is C13H17N3S. The summed E-state index contributed by atoms with van der Waals surface area (Å²) in [4.78, 5) is 8.59. The number of nitrogens with zero attached hydrogens (tertiary/aromatic N) is 2. The zero-order chi connectivity index (χ0) is 12.1. The molecule has 1 unspecified atom stereocenters. The van der Waals surface area contributed by atoms with E-state index >= 15 is 0 Å². The average Bonchev–Trinajstić information content (AvgIpc) is 2.77. The number of pyridine rings is 1. The van der Waals surface area contributed by atoms with Crippen LogP contribution in [0.5, 0.6) is 0 Å². The monoisotopic (exact) mass is 247 g/mol. The van der Waals surface area contributed by atoms with Crippen LogP contribution in [0.25, 0.3) is 0 Å². The lowest BCUT2D eigenvalue weighted by atomic mass is 10.2. The highest BCUT2D eigenvalue weighted by Gasteiger charge is 2.07. The molecule has 0 radical (unpaired) electrons. The molecule has 0 aliphatic rings. The van der Waals surface area contributed by atoms with Gasteiger partial charge >= 0.3 is 0 Å². The number of hydrogen-bond acceptors (Lipinski definition) is 4. The molecule has 0 bridgehead atoms. The fourth-order valence-electron chi connectivity index (χ4n) is 1.64. The van der Waals surface area contributed by atoms with E-state index in [0.29, 0.717) is 6.04 Å². The first kappa shape index (κ1) is 12.2. The molecule has 17 heavy (non-hydrogen) atoms. The number of hydrogen-bond donors (Lipinski definition) is 1. The third kappa shape index (κ3) is 3.61. The molecule has 2 aromatic heterocycles. The summed E-state index contributed by atoms with van der Waals surface area (Å²) >= 11 is 1.72. The SMILES string of the molecule is Cc1csc(C(C)NCCc2cccnc2)n1. The van der Waals surface area contributed by atoms with Crippen LogP contribution in [0.2, 0.25) is 0 Å². The third-order valence-electron chi connectivity index (χ3n) is 2.59. The summed E-state index contributed by atoms with van der Waals surface area (Å²) in [5.41, 5.74) is 2.37. The summed E-state index contributed by atoms with van der Waals surface area (Å²) in [6.45, 7) is 5.13. The van der Waals surface area contributed by atoms with Crippen LogP contribution < -0.4 is 5.32 Å². The summed E-state index contributed by atoms with van der Waals surface area (Å²) in [5.74, 6) is 0. The predicted molar refractivity (Wildman–Crippen MR) is 71.2 cm³/mol. The minimum Gasteiger partial charge on any atom is -0.308 e. The Balaban J connectivity index is 1.79. The molecule has 90 valence electrons. The molecule has 0 fully saturated rings.